The summed E-state index contributed by atoms with van der Waals surface area (Å²) in [5.41, 5.74) is 0. The van der Waals surface area contributed by atoms with E-state index in [4.69, 9.17) is 0 Å². The fourth-order valence-corrected chi connectivity index (χ4v) is 1.84. The maximum Gasteiger partial charge on any atom is 0.0747 e. The van der Waals surface area contributed by atoms with Crippen LogP contribution in [-0.2, 0) is 0 Å². The second-order valence-electron chi connectivity index (χ2n) is 3.20. The van der Waals surface area contributed by atoms with E-state index >= 15 is 0 Å². The third kappa shape index (κ3) is 1.18. The van der Waals surface area contributed by atoms with E-state index in [1.165, 1.54) is 0 Å². The summed E-state index contributed by atoms with van der Waals surface area (Å²) in [6.45, 7) is 0. The lowest BCUT2D eigenvalue weighted by Crippen LogP contribution is -2.16. The normalized spacial score (nSPS) is 31.0. The maximum absolute atomic E-state index is 9.54. The molecule has 0 aromatic carbocycles. The number of nitrogens with zero attached hydrogens (tertiary/aromatic N) is 1. The topological polar surface area (TPSA) is 25.2 Å². The smallest absolute Gasteiger partial charge is 0.0747 e. The molecule has 2 heteroatoms. The predicted molar refractivity (Wildman–Crippen MR) is 43.3 cm³/mol. The van der Waals surface area contributed by atoms with Crippen molar-refractivity contribution >= 4 is 0 Å². The highest BCUT2D eigenvalue weighted by atomic mass is 16.3. The molecule has 0 saturated heterocycles. The molecule has 1 aliphatic carbocycles. The molecule has 11 heavy (non-hydrogen) atoms. The van der Waals surface area contributed by atoms with Crippen molar-refractivity contribution in [3.05, 3.63) is 24.5 Å². The first-order valence-electron chi connectivity index (χ1n) is 4.18. The molecule has 0 radical (unpaired) electrons. The van der Waals surface area contributed by atoms with Crippen LogP contribution in [0.4, 0.5) is 0 Å². The SMILES string of the molecule is OC1CCCC1n1cccc1. The molecule has 0 aliphatic heterocycles. The zero-order valence-corrected chi connectivity index (χ0v) is 6.48. The first-order chi connectivity index (χ1) is 5.38. The molecule has 1 heterocycles. The van der Waals surface area contributed by atoms with Crippen molar-refractivity contribution in [3.63, 3.8) is 0 Å². The number of aliphatic hydroxyl groups is 1. The van der Waals surface area contributed by atoms with Crippen molar-refractivity contribution in [2.75, 3.05) is 0 Å². The van der Waals surface area contributed by atoms with E-state index in [0.29, 0.717) is 6.04 Å². The summed E-state index contributed by atoms with van der Waals surface area (Å²) < 4.78 is 2.11. The van der Waals surface area contributed by atoms with Crippen molar-refractivity contribution in [1.82, 2.24) is 4.57 Å². The van der Waals surface area contributed by atoms with Gasteiger partial charge < -0.3 is 9.67 Å². The zero-order chi connectivity index (χ0) is 7.68. The van der Waals surface area contributed by atoms with Gasteiger partial charge in [0.2, 0.25) is 0 Å². The molecule has 2 atom stereocenters. The minimum atomic E-state index is -0.123. The van der Waals surface area contributed by atoms with E-state index in [1.807, 2.05) is 24.5 Å². The number of hydrogen-bond acceptors (Lipinski definition) is 1. The van der Waals surface area contributed by atoms with Gasteiger partial charge in [-0.05, 0) is 31.4 Å². The Hall–Kier alpha value is -0.760. The van der Waals surface area contributed by atoms with Crippen LogP contribution in [0, 0.1) is 0 Å². The standard InChI is InChI=1S/C9H13NO/c11-9-5-3-4-8(9)10-6-1-2-7-10/h1-2,6-9,11H,3-5H2. The maximum atomic E-state index is 9.54. The van der Waals surface area contributed by atoms with E-state index in [-0.39, 0.29) is 6.10 Å². The summed E-state index contributed by atoms with van der Waals surface area (Å²) in [6, 6.07) is 4.35. The van der Waals surface area contributed by atoms with Crippen LogP contribution in [0.1, 0.15) is 25.3 Å². The fraction of sp³-hybridized carbons (Fsp3) is 0.556. The lowest BCUT2D eigenvalue weighted by atomic mass is 10.2. The van der Waals surface area contributed by atoms with Crippen LogP contribution in [0.5, 0.6) is 0 Å². The van der Waals surface area contributed by atoms with Gasteiger partial charge in [0.05, 0.1) is 12.1 Å². The Labute approximate surface area is 66.5 Å². The monoisotopic (exact) mass is 151 g/mol. The molecule has 0 amide bonds. The van der Waals surface area contributed by atoms with E-state index in [2.05, 4.69) is 4.57 Å². The van der Waals surface area contributed by atoms with Crippen LogP contribution in [0.15, 0.2) is 24.5 Å². The van der Waals surface area contributed by atoms with Gasteiger partial charge in [-0.2, -0.15) is 0 Å². The second-order valence-corrected chi connectivity index (χ2v) is 3.20. The average Bonchev–Trinajstić information content (AvgIpc) is 2.55. The van der Waals surface area contributed by atoms with Crippen molar-refractivity contribution in [3.8, 4) is 0 Å². The van der Waals surface area contributed by atoms with E-state index in [0.717, 1.165) is 19.3 Å². The van der Waals surface area contributed by atoms with E-state index < -0.39 is 0 Å². The van der Waals surface area contributed by atoms with Gasteiger partial charge in [-0.15, -0.1) is 0 Å². The van der Waals surface area contributed by atoms with Gasteiger partial charge in [0.15, 0.2) is 0 Å². The first kappa shape index (κ1) is 6.92. The predicted octanol–water partition coefficient (Wildman–Crippen LogP) is 1.57. The Bertz CT molecular complexity index is 217. The molecule has 0 spiro atoms. The highest BCUT2D eigenvalue weighted by Gasteiger charge is 2.25. The highest BCUT2D eigenvalue weighted by molar-refractivity contribution is 4.96. The van der Waals surface area contributed by atoms with E-state index in [1.54, 1.807) is 0 Å². The Morgan fingerprint density at radius 1 is 1.18 bits per heavy atom. The third-order valence-corrected chi connectivity index (χ3v) is 2.45. The van der Waals surface area contributed by atoms with Gasteiger partial charge >= 0.3 is 0 Å². The molecule has 0 bridgehead atoms. The van der Waals surface area contributed by atoms with Gasteiger partial charge in [-0.25, -0.2) is 0 Å². The number of aromatic nitrogens is 1. The summed E-state index contributed by atoms with van der Waals surface area (Å²) in [6.07, 6.45) is 7.17. The van der Waals surface area contributed by atoms with Crippen LogP contribution in [0.25, 0.3) is 0 Å². The largest absolute Gasteiger partial charge is 0.391 e. The molecular formula is C9H13NO. The number of aliphatic hydroxyl groups excluding tert-OH is 1. The van der Waals surface area contributed by atoms with Crippen LogP contribution >= 0.6 is 0 Å². The molecule has 2 nitrogen and oxygen atoms in total. The van der Waals surface area contributed by atoms with Gasteiger partial charge in [-0.1, -0.05) is 0 Å². The molecule has 1 N–H and O–H groups in total. The second kappa shape index (κ2) is 2.70. The molecule has 1 fully saturated rings. The van der Waals surface area contributed by atoms with Crippen LogP contribution in [0.3, 0.4) is 0 Å². The average molecular weight is 151 g/mol. The highest BCUT2D eigenvalue weighted by Crippen LogP contribution is 2.29. The first-order valence-corrected chi connectivity index (χ1v) is 4.18. The molecule has 1 aromatic rings. The van der Waals surface area contributed by atoms with Crippen molar-refractivity contribution < 1.29 is 5.11 Å². The minimum absolute atomic E-state index is 0.123. The summed E-state index contributed by atoms with van der Waals surface area (Å²) in [5.74, 6) is 0. The Balaban J connectivity index is 2.16. The number of hydrogen-bond donors (Lipinski definition) is 1. The van der Waals surface area contributed by atoms with Crippen molar-refractivity contribution in [1.29, 1.82) is 0 Å². The number of rotatable bonds is 1. The van der Waals surface area contributed by atoms with Crippen LogP contribution in [0.2, 0.25) is 0 Å². The zero-order valence-electron chi connectivity index (χ0n) is 6.48. The summed E-state index contributed by atoms with van der Waals surface area (Å²) >= 11 is 0. The fourth-order valence-electron chi connectivity index (χ4n) is 1.84. The summed E-state index contributed by atoms with van der Waals surface area (Å²) in [7, 11) is 0. The minimum Gasteiger partial charge on any atom is -0.391 e. The summed E-state index contributed by atoms with van der Waals surface area (Å²) in [5, 5.41) is 9.54. The molecule has 1 saturated carbocycles. The third-order valence-electron chi connectivity index (χ3n) is 2.45. The molecule has 1 aliphatic rings. The van der Waals surface area contributed by atoms with Crippen LogP contribution in [-0.4, -0.2) is 15.8 Å². The van der Waals surface area contributed by atoms with Crippen molar-refractivity contribution in [2.45, 2.75) is 31.4 Å². The van der Waals surface area contributed by atoms with Crippen LogP contribution < -0.4 is 0 Å². The van der Waals surface area contributed by atoms with Crippen molar-refractivity contribution in [2.24, 2.45) is 0 Å². The Morgan fingerprint density at radius 2 is 1.91 bits per heavy atom. The molecule has 2 rings (SSSR count). The quantitative estimate of drug-likeness (QED) is 0.647. The molecular weight excluding hydrogens is 138 g/mol. The van der Waals surface area contributed by atoms with Gasteiger partial charge in [0.25, 0.3) is 0 Å². The van der Waals surface area contributed by atoms with Gasteiger partial charge in [0.1, 0.15) is 0 Å². The lowest BCUT2D eigenvalue weighted by Gasteiger charge is -2.15. The Kier molecular flexibility index (Phi) is 1.70. The van der Waals surface area contributed by atoms with Gasteiger partial charge in [0, 0.05) is 12.4 Å². The molecule has 60 valence electrons. The molecule has 1 aromatic heterocycles. The summed E-state index contributed by atoms with van der Waals surface area (Å²) in [4.78, 5) is 0. The van der Waals surface area contributed by atoms with Gasteiger partial charge in [-0.3, -0.25) is 0 Å². The molecule has 2 unspecified atom stereocenters. The Morgan fingerprint density at radius 3 is 2.45 bits per heavy atom. The lowest BCUT2D eigenvalue weighted by molar-refractivity contribution is 0.136. The van der Waals surface area contributed by atoms with E-state index in [9.17, 15) is 5.11 Å².